The number of carbonyl (C=O) groups is 1. The lowest BCUT2D eigenvalue weighted by Gasteiger charge is -2.07. The van der Waals surface area contributed by atoms with Gasteiger partial charge in [-0.3, -0.25) is 4.79 Å². The van der Waals surface area contributed by atoms with E-state index in [1.807, 2.05) is 73.9 Å². The minimum Gasteiger partial charge on any atom is -0.319 e. The number of hydrogen-bond acceptors (Lipinski definition) is 3. The van der Waals surface area contributed by atoms with Crippen LogP contribution in [-0.2, 0) is 11.3 Å². The number of benzene rings is 2. The summed E-state index contributed by atoms with van der Waals surface area (Å²) < 4.78 is 1.89. The molecule has 0 aliphatic carbocycles. The van der Waals surface area contributed by atoms with E-state index in [0.717, 1.165) is 28.1 Å². The van der Waals surface area contributed by atoms with Gasteiger partial charge in [-0.2, -0.15) is 5.10 Å². The fourth-order valence-corrected chi connectivity index (χ4v) is 2.58. The van der Waals surface area contributed by atoms with Crippen LogP contribution in [0, 0.1) is 13.8 Å². The Morgan fingerprint density at radius 1 is 1.12 bits per heavy atom. The Labute approximate surface area is 141 Å². The number of carbonyl (C=O) groups excluding carboxylic acids is 1. The molecule has 0 radical (unpaired) electrons. The molecule has 5 nitrogen and oxygen atoms in total. The van der Waals surface area contributed by atoms with Crippen LogP contribution < -0.4 is 5.43 Å². The van der Waals surface area contributed by atoms with Crippen molar-refractivity contribution in [3.63, 3.8) is 0 Å². The fourth-order valence-electron chi connectivity index (χ4n) is 2.58. The van der Waals surface area contributed by atoms with Gasteiger partial charge >= 0.3 is 0 Å². The molecule has 1 N–H and O–H groups in total. The van der Waals surface area contributed by atoms with Crippen molar-refractivity contribution in [1.29, 1.82) is 0 Å². The smallest absolute Gasteiger partial charge is 0.260 e. The lowest BCUT2D eigenvalue weighted by molar-refractivity contribution is -0.121. The number of nitrogens with one attached hydrogen (secondary N) is 1. The largest absolute Gasteiger partial charge is 0.319 e. The third-order valence-corrected chi connectivity index (χ3v) is 3.96. The second-order valence-corrected chi connectivity index (χ2v) is 5.83. The zero-order valence-corrected chi connectivity index (χ0v) is 14.1. The van der Waals surface area contributed by atoms with E-state index < -0.39 is 0 Å². The molecule has 5 heteroatoms. The molecule has 0 aliphatic heterocycles. The summed E-state index contributed by atoms with van der Waals surface area (Å²) in [5.74, 6) is 0.637. The lowest BCUT2D eigenvalue weighted by atomic mass is 10.1. The van der Waals surface area contributed by atoms with Gasteiger partial charge < -0.3 is 4.57 Å². The van der Waals surface area contributed by atoms with Crippen molar-refractivity contribution in [3.8, 4) is 0 Å². The second-order valence-electron chi connectivity index (χ2n) is 5.83. The van der Waals surface area contributed by atoms with Crippen LogP contribution in [0.5, 0.6) is 0 Å². The summed E-state index contributed by atoms with van der Waals surface area (Å²) in [6.45, 7) is 6.00. The predicted octanol–water partition coefficient (Wildman–Crippen LogP) is 3.19. The molecule has 2 aromatic carbocycles. The normalized spacial score (nSPS) is 11.7. The number of imidazole rings is 1. The zero-order valence-electron chi connectivity index (χ0n) is 14.1. The molecule has 1 amide bonds. The fraction of sp³-hybridized carbons (Fsp3) is 0.211. The maximum atomic E-state index is 12.2. The average molecular weight is 320 g/mol. The van der Waals surface area contributed by atoms with Gasteiger partial charge in [-0.25, -0.2) is 10.4 Å². The van der Waals surface area contributed by atoms with E-state index in [0.29, 0.717) is 0 Å². The summed E-state index contributed by atoms with van der Waals surface area (Å²) in [6, 6.07) is 15.8. The summed E-state index contributed by atoms with van der Waals surface area (Å²) in [5.41, 5.74) is 7.42. The first-order valence-corrected chi connectivity index (χ1v) is 7.86. The first-order valence-electron chi connectivity index (χ1n) is 7.86. The molecule has 0 spiro atoms. The highest BCUT2D eigenvalue weighted by molar-refractivity contribution is 5.99. The maximum absolute atomic E-state index is 12.2. The second kappa shape index (κ2) is 6.66. The summed E-state index contributed by atoms with van der Waals surface area (Å²) in [6.07, 6.45) is 0. The highest BCUT2D eigenvalue weighted by Crippen LogP contribution is 2.15. The van der Waals surface area contributed by atoms with Crippen molar-refractivity contribution in [1.82, 2.24) is 15.0 Å². The zero-order chi connectivity index (χ0) is 17.1. The Balaban J connectivity index is 1.72. The van der Waals surface area contributed by atoms with Gasteiger partial charge in [0.2, 0.25) is 0 Å². The number of rotatable bonds is 4. The molecule has 0 saturated carbocycles. The van der Waals surface area contributed by atoms with E-state index in [1.165, 1.54) is 5.56 Å². The predicted molar refractivity (Wildman–Crippen MR) is 96.0 cm³/mol. The molecule has 0 fully saturated rings. The van der Waals surface area contributed by atoms with Crippen LogP contribution in [-0.4, -0.2) is 21.2 Å². The number of aryl methyl sites for hydroxylation is 2. The van der Waals surface area contributed by atoms with E-state index in [-0.39, 0.29) is 12.5 Å². The van der Waals surface area contributed by atoms with Crippen LogP contribution in [0.25, 0.3) is 11.0 Å². The van der Waals surface area contributed by atoms with Gasteiger partial charge in [0.05, 0.1) is 16.7 Å². The number of para-hydroxylation sites is 2. The molecule has 0 atom stereocenters. The Hall–Kier alpha value is -2.95. The molecule has 24 heavy (non-hydrogen) atoms. The van der Waals surface area contributed by atoms with E-state index in [4.69, 9.17) is 0 Å². The number of hydrazone groups is 1. The molecule has 122 valence electrons. The first kappa shape index (κ1) is 15.9. The van der Waals surface area contributed by atoms with Gasteiger partial charge in [-0.15, -0.1) is 0 Å². The molecule has 1 aromatic heterocycles. The molecule has 0 bridgehead atoms. The third-order valence-electron chi connectivity index (χ3n) is 3.96. The Morgan fingerprint density at radius 3 is 2.58 bits per heavy atom. The topological polar surface area (TPSA) is 59.3 Å². The van der Waals surface area contributed by atoms with E-state index >= 15 is 0 Å². The summed E-state index contributed by atoms with van der Waals surface area (Å²) in [4.78, 5) is 16.7. The van der Waals surface area contributed by atoms with Crippen LogP contribution >= 0.6 is 0 Å². The highest BCUT2D eigenvalue weighted by Gasteiger charge is 2.10. The van der Waals surface area contributed by atoms with Crippen molar-refractivity contribution >= 4 is 22.7 Å². The molecule has 0 unspecified atom stereocenters. The average Bonchev–Trinajstić information content (AvgIpc) is 2.89. The van der Waals surface area contributed by atoms with E-state index in [1.54, 1.807) is 0 Å². The Morgan fingerprint density at radius 2 is 1.83 bits per heavy atom. The van der Waals surface area contributed by atoms with Gasteiger partial charge in [-0.1, -0.05) is 42.0 Å². The van der Waals surface area contributed by atoms with Crippen LogP contribution in [0.1, 0.15) is 23.9 Å². The van der Waals surface area contributed by atoms with Gasteiger partial charge in [-0.05, 0) is 38.5 Å². The first-order chi connectivity index (χ1) is 11.5. The van der Waals surface area contributed by atoms with Crippen LogP contribution in [0.4, 0.5) is 0 Å². The SMILES string of the molecule is C/C(=N/NC(=O)Cn1c(C)nc2ccccc21)c1ccc(C)cc1. The Bertz CT molecular complexity index is 907. The van der Waals surface area contributed by atoms with Crippen molar-refractivity contribution in [2.75, 3.05) is 0 Å². The molecule has 0 saturated heterocycles. The summed E-state index contributed by atoms with van der Waals surface area (Å²) in [5, 5.41) is 4.20. The molecular weight excluding hydrogens is 300 g/mol. The van der Waals surface area contributed by atoms with E-state index in [2.05, 4.69) is 15.5 Å². The van der Waals surface area contributed by atoms with Crippen molar-refractivity contribution in [2.24, 2.45) is 5.10 Å². The van der Waals surface area contributed by atoms with Gasteiger partial charge in [0.25, 0.3) is 5.91 Å². The minimum absolute atomic E-state index is 0.173. The third kappa shape index (κ3) is 3.35. The Kier molecular flexibility index (Phi) is 4.42. The van der Waals surface area contributed by atoms with Crippen LogP contribution in [0.3, 0.4) is 0 Å². The van der Waals surface area contributed by atoms with Gasteiger partial charge in [0.15, 0.2) is 0 Å². The molecule has 3 rings (SSSR count). The van der Waals surface area contributed by atoms with Crippen molar-refractivity contribution in [2.45, 2.75) is 27.3 Å². The minimum atomic E-state index is -0.173. The quantitative estimate of drug-likeness (QED) is 0.593. The number of amides is 1. The number of nitrogens with zero attached hydrogens (tertiary/aromatic N) is 3. The van der Waals surface area contributed by atoms with E-state index in [9.17, 15) is 4.79 Å². The lowest BCUT2D eigenvalue weighted by Crippen LogP contribution is -2.24. The standard InChI is InChI=1S/C19H20N4O/c1-13-8-10-16(11-9-13)14(2)21-22-19(24)12-23-15(3)20-17-6-4-5-7-18(17)23/h4-11H,12H2,1-3H3,(H,22,24)/b21-14-. The van der Waals surface area contributed by atoms with Crippen LogP contribution in [0.2, 0.25) is 0 Å². The maximum Gasteiger partial charge on any atom is 0.260 e. The van der Waals surface area contributed by atoms with Gasteiger partial charge in [0, 0.05) is 0 Å². The van der Waals surface area contributed by atoms with Crippen LogP contribution in [0.15, 0.2) is 53.6 Å². The number of aromatic nitrogens is 2. The number of fused-ring (bicyclic) bond motifs is 1. The summed E-state index contributed by atoms with van der Waals surface area (Å²) in [7, 11) is 0. The summed E-state index contributed by atoms with van der Waals surface area (Å²) >= 11 is 0. The molecule has 3 aromatic rings. The highest BCUT2D eigenvalue weighted by atomic mass is 16.2. The van der Waals surface area contributed by atoms with Crippen molar-refractivity contribution < 1.29 is 4.79 Å². The molecule has 0 aliphatic rings. The number of hydrogen-bond donors (Lipinski definition) is 1. The molecular formula is C19H20N4O. The monoisotopic (exact) mass is 320 g/mol. The van der Waals surface area contributed by atoms with Crippen molar-refractivity contribution in [3.05, 3.63) is 65.5 Å². The molecule has 1 heterocycles. The van der Waals surface area contributed by atoms with Gasteiger partial charge in [0.1, 0.15) is 12.4 Å².